The van der Waals surface area contributed by atoms with E-state index in [0.717, 1.165) is 41.6 Å². The van der Waals surface area contributed by atoms with Gasteiger partial charge >= 0.3 is 0 Å². The smallest absolute Gasteiger partial charge is 0.191 e. The fourth-order valence-corrected chi connectivity index (χ4v) is 3.22. The molecule has 0 aliphatic carbocycles. The summed E-state index contributed by atoms with van der Waals surface area (Å²) in [4.78, 5) is 4.86. The lowest BCUT2D eigenvalue weighted by Crippen LogP contribution is -2.38. The Bertz CT molecular complexity index is 849. The van der Waals surface area contributed by atoms with E-state index in [1.165, 1.54) is 6.26 Å². The lowest BCUT2D eigenvalue weighted by atomic mass is 10.1. The van der Waals surface area contributed by atoms with Crippen molar-refractivity contribution in [3.8, 4) is 0 Å². The Morgan fingerprint density at radius 2 is 1.81 bits per heavy atom. The molecule has 0 heterocycles. The molecule has 0 aliphatic heterocycles. The molecule has 0 saturated heterocycles. The van der Waals surface area contributed by atoms with Gasteiger partial charge in [-0.25, -0.2) is 13.4 Å². The highest BCUT2D eigenvalue weighted by Crippen LogP contribution is 2.11. The van der Waals surface area contributed by atoms with Gasteiger partial charge in [-0.15, -0.1) is 0 Å². The van der Waals surface area contributed by atoms with Crippen molar-refractivity contribution in [3.63, 3.8) is 0 Å². The van der Waals surface area contributed by atoms with E-state index in [0.29, 0.717) is 11.4 Å². The SMILES string of the molecule is CCNC(=NCc1ccc(S(C)(=O)=O)cc1)NCCc1cccc(Cl)c1. The minimum atomic E-state index is -3.17. The molecular weight excluding hydrogens is 370 g/mol. The molecule has 0 amide bonds. The zero-order chi connectivity index (χ0) is 19.0. The maximum Gasteiger partial charge on any atom is 0.191 e. The minimum absolute atomic E-state index is 0.316. The number of rotatable bonds is 7. The summed E-state index contributed by atoms with van der Waals surface area (Å²) >= 11 is 6.00. The lowest BCUT2D eigenvalue weighted by molar-refractivity contribution is 0.602. The first-order chi connectivity index (χ1) is 12.4. The van der Waals surface area contributed by atoms with Crippen LogP contribution < -0.4 is 10.6 Å². The average Bonchev–Trinajstić information content (AvgIpc) is 2.59. The minimum Gasteiger partial charge on any atom is -0.357 e. The highest BCUT2D eigenvalue weighted by atomic mass is 35.5. The molecule has 2 N–H and O–H groups in total. The Balaban J connectivity index is 1.93. The van der Waals surface area contributed by atoms with E-state index >= 15 is 0 Å². The third-order valence-corrected chi connectivity index (χ3v) is 5.07. The molecule has 0 spiro atoms. The summed E-state index contributed by atoms with van der Waals surface area (Å²) in [5, 5.41) is 7.23. The van der Waals surface area contributed by atoms with E-state index in [-0.39, 0.29) is 0 Å². The van der Waals surface area contributed by atoms with Crippen LogP contribution in [-0.2, 0) is 22.8 Å². The van der Waals surface area contributed by atoms with Crippen LogP contribution in [0.2, 0.25) is 5.02 Å². The molecule has 2 rings (SSSR count). The van der Waals surface area contributed by atoms with Crippen molar-refractivity contribution in [1.82, 2.24) is 10.6 Å². The van der Waals surface area contributed by atoms with E-state index in [1.807, 2.05) is 31.2 Å². The van der Waals surface area contributed by atoms with Crippen LogP contribution in [0.25, 0.3) is 0 Å². The monoisotopic (exact) mass is 393 g/mol. The number of nitrogens with one attached hydrogen (secondary N) is 2. The number of sulfone groups is 1. The number of benzene rings is 2. The molecule has 0 radical (unpaired) electrons. The molecule has 0 atom stereocenters. The van der Waals surface area contributed by atoms with Crippen LogP contribution in [0, 0.1) is 0 Å². The van der Waals surface area contributed by atoms with Gasteiger partial charge < -0.3 is 10.6 Å². The second kappa shape index (κ2) is 9.59. The van der Waals surface area contributed by atoms with Gasteiger partial charge in [0.1, 0.15) is 0 Å². The molecule has 2 aromatic carbocycles. The first-order valence-electron chi connectivity index (χ1n) is 8.44. The van der Waals surface area contributed by atoms with Gasteiger partial charge in [-0.05, 0) is 48.7 Å². The van der Waals surface area contributed by atoms with Crippen molar-refractivity contribution in [2.75, 3.05) is 19.3 Å². The zero-order valence-electron chi connectivity index (χ0n) is 15.0. The van der Waals surface area contributed by atoms with Gasteiger partial charge in [0.2, 0.25) is 0 Å². The summed E-state index contributed by atoms with van der Waals surface area (Å²) in [6, 6.07) is 14.6. The number of aliphatic imine (C=N–C) groups is 1. The molecule has 0 aliphatic rings. The predicted octanol–water partition coefficient (Wildman–Crippen LogP) is 3.04. The number of hydrogen-bond acceptors (Lipinski definition) is 3. The normalized spacial score (nSPS) is 12.0. The number of guanidine groups is 1. The van der Waals surface area contributed by atoms with Crippen molar-refractivity contribution in [2.45, 2.75) is 24.8 Å². The van der Waals surface area contributed by atoms with Crippen molar-refractivity contribution < 1.29 is 8.42 Å². The summed E-state index contributed by atoms with van der Waals surface area (Å²) < 4.78 is 23.0. The maximum atomic E-state index is 11.5. The van der Waals surface area contributed by atoms with Crippen LogP contribution in [0.1, 0.15) is 18.1 Å². The first kappa shape index (κ1) is 20.3. The number of halogens is 1. The summed E-state index contributed by atoms with van der Waals surface area (Å²) in [5.41, 5.74) is 2.11. The van der Waals surface area contributed by atoms with E-state index in [4.69, 9.17) is 11.6 Å². The zero-order valence-corrected chi connectivity index (χ0v) is 16.6. The Morgan fingerprint density at radius 3 is 2.42 bits per heavy atom. The highest BCUT2D eigenvalue weighted by Gasteiger charge is 2.06. The molecule has 0 unspecified atom stereocenters. The van der Waals surface area contributed by atoms with Crippen molar-refractivity contribution in [2.24, 2.45) is 4.99 Å². The van der Waals surface area contributed by atoms with Crippen molar-refractivity contribution >= 4 is 27.4 Å². The lowest BCUT2D eigenvalue weighted by Gasteiger charge is -2.11. The number of nitrogens with zero attached hydrogens (tertiary/aromatic N) is 1. The Kier molecular flexibility index (Phi) is 7.48. The van der Waals surface area contributed by atoms with E-state index in [9.17, 15) is 8.42 Å². The average molecular weight is 394 g/mol. The third kappa shape index (κ3) is 6.69. The largest absolute Gasteiger partial charge is 0.357 e. The second-order valence-electron chi connectivity index (χ2n) is 5.92. The molecule has 5 nitrogen and oxygen atoms in total. The number of hydrogen-bond donors (Lipinski definition) is 2. The Hall–Kier alpha value is -2.05. The van der Waals surface area contributed by atoms with Crippen LogP contribution >= 0.6 is 11.6 Å². The summed E-state index contributed by atoms with van der Waals surface area (Å²) in [7, 11) is -3.17. The highest BCUT2D eigenvalue weighted by molar-refractivity contribution is 7.90. The van der Waals surface area contributed by atoms with Gasteiger partial charge in [-0.2, -0.15) is 0 Å². The van der Waals surface area contributed by atoms with Gasteiger partial charge in [0.25, 0.3) is 0 Å². The molecule has 2 aromatic rings. The van der Waals surface area contributed by atoms with Gasteiger partial charge in [-0.1, -0.05) is 35.9 Å². The summed E-state index contributed by atoms with van der Waals surface area (Å²) in [5.74, 6) is 0.724. The fraction of sp³-hybridized carbons (Fsp3) is 0.316. The van der Waals surface area contributed by atoms with Crippen LogP contribution in [-0.4, -0.2) is 33.7 Å². The van der Waals surface area contributed by atoms with E-state index in [1.54, 1.807) is 24.3 Å². The van der Waals surface area contributed by atoms with Gasteiger partial charge in [0.05, 0.1) is 11.4 Å². The molecule has 0 saturated carbocycles. The molecule has 0 bridgehead atoms. The van der Waals surface area contributed by atoms with Crippen LogP contribution in [0.15, 0.2) is 58.4 Å². The summed E-state index contributed by atoms with van der Waals surface area (Å²) in [6.07, 6.45) is 2.04. The molecule has 140 valence electrons. The summed E-state index contributed by atoms with van der Waals surface area (Å²) in [6.45, 7) is 3.97. The standard InChI is InChI=1S/C19H24ClN3O2S/c1-3-21-19(22-12-11-15-5-4-6-17(20)13-15)23-14-16-7-9-18(10-8-16)26(2,24)25/h4-10,13H,3,11-12,14H2,1-2H3,(H2,21,22,23). The molecule has 26 heavy (non-hydrogen) atoms. The molecule has 0 aromatic heterocycles. The van der Waals surface area contributed by atoms with E-state index < -0.39 is 9.84 Å². The Labute approximate surface area is 160 Å². The fourth-order valence-electron chi connectivity index (χ4n) is 2.37. The third-order valence-electron chi connectivity index (χ3n) is 3.71. The molecular formula is C19H24ClN3O2S. The maximum absolute atomic E-state index is 11.5. The molecule has 7 heteroatoms. The first-order valence-corrected chi connectivity index (χ1v) is 10.7. The van der Waals surface area contributed by atoms with Gasteiger partial charge in [0.15, 0.2) is 15.8 Å². The van der Waals surface area contributed by atoms with Crippen molar-refractivity contribution in [3.05, 3.63) is 64.7 Å². The van der Waals surface area contributed by atoms with E-state index in [2.05, 4.69) is 15.6 Å². The molecule has 0 fully saturated rings. The predicted molar refractivity (Wildman–Crippen MR) is 108 cm³/mol. The topological polar surface area (TPSA) is 70.6 Å². The quantitative estimate of drug-likeness (QED) is 0.560. The van der Waals surface area contributed by atoms with Crippen molar-refractivity contribution in [1.29, 1.82) is 0 Å². The Morgan fingerprint density at radius 1 is 1.08 bits per heavy atom. The second-order valence-corrected chi connectivity index (χ2v) is 8.37. The van der Waals surface area contributed by atoms with Crippen LogP contribution in [0.3, 0.4) is 0 Å². The van der Waals surface area contributed by atoms with Gasteiger partial charge in [-0.3, -0.25) is 0 Å². The van der Waals surface area contributed by atoms with Gasteiger partial charge in [0, 0.05) is 24.4 Å². The van der Waals surface area contributed by atoms with Crippen LogP contribution in [0.5, 0.6) is 0 Å². The van der Waals surface area contributed by atoms with Crippen LogP contribution in [0.4, 0.5) is 0 Å².